The van der Waals surface area contributed by atoms with Crippen molar-refractivity contribution in [2.75, 3.05) is 45.3 Å². The van der Waals surface area contributed by atoms with E-state index < -0.39 is 23.1 Å². The molecule has 1 unspecified atom stereocenters. The number of hydrogen-bond donors (Lipinski definition) is 1. The normalized spacial score (nSPS) is 15.1. The predicted octanol–water partition coefficient (Wildman–Crippen LogP) is 3.73. The summed E-state index contributed by atoms with van der Waals surface area (Å²) >= 11 is 7.82. The smallest absolute Gasteiger partial charge is 0.306 e. The van der Waals surface area contributed by atoms with Crippen molar-refractivity contribution < 1.29 is 23.8 Å². The van der Waals surface area contributed by atoms with Crippen LogP contribution in [0.2, 0.25) is 5.15 Å². The molecule has 0 aliphatic carbocycles. The lowest BCUT2D eigenvalue weighted by Crippen LogP contribution is -2.46. The Hall–Kier alpha value is -3.54. The van der Waals surface area contributed by atoms with Crippen LogP contribution in [0.4, 0.5) is 5.69 Å². The van der Waals surface area contributed by atoms with Crippen LogP contribution in [0.15, 0.2) is 51.1 Å². The van der Waals surface area contributed by atoms with E-state index in [0.29, 0.717) is 23.0 Å². The lowest BCUT2D eigenvalue weighted by Gasteiger charge is -2.36. The molecule has 1 aromatic carbocycles. The zero-order chi connectivity index (χ0) is 26.8. The summed E-state index contributed by atoms with van der Waals surface area (Å²) in [4.78, 5) is 34.6. The van der Waals surface area contributed by atoms with Gasteiger partial charge in [-0.25, -0.2) is 4.98 Å². The van der Waals surface area contributed by atoms with Crippen molar-refractivity contribution in [3.05, 3.63) is 74.5 Å². The molecule has 0 amide bonds. The molecule has 3 aromatic heterocycles. The van der Waals surface area contributed by atoms with E-state index in [4.69, 9.17) is 25.5 Å². The largest absolute Gasteiger partial charge is 0.502 e. The second-order valence-corrected chi connectivity index (χ2v) is 10.2. The number of halogens is 1. The molecule has 12 heteroatoms. The van der Waals surface area contributed by atoms with Crippen LogP contribution in [0.5, 0.6) is 11.5 Å². The first-order valence-electron chi connectivity index (χ1n) is 12.0. The number of ether oxygens (including phenoxy) is 2. The third-order valence-corrected chi connectivity index (χ3v) is 7.72. The van der Waals surface area contributed by atoms with Crippen molar-refractivity contribution in [2.45, 2.75) is 18.9 Å². The van der Waals surface area contributed by atoms with Crippen LogP contribution in [0.25, 0.3) is 4.96 Å². The monoisotopic (exact) mass is 558 g/mol. The molecule has 1 aliphatic rings. The average molecular weight is 559 g/mol. The van der Waals surface area contributed by atoms with Gasteiger partial charge in [0.1, 0.15) is 11.5 Å². The third-order valence-electron chi connectivity index (χ3n) is 6.69. The van der Waals surface area contributed by atoms with Gasteiger partial charge in [-0.05, 0) is 24.3 Å². The number of rotatable bonds is 8. The van der Waals surface area contributed by atoms with E-state index in [1.807, 2.05) is 29.6 Å². The summed E-state index contributed by atoms with van der Waals surface area (Å²) in [5, 5.41) is 12.7. The molecule has 0 saturated carbocycles. The quantitative estimate of drug-likeness (QED) is 0.323. The molecule has 10 nitrogen and oxygen atoms in total. The number of fused-ring (bicyclic) bond motifs is 1. The Bertz CT molecular complexity index is 1490. The number of piperazine rings is 1. The zero-order valence-electron chi connectivity index (χ0n) is 20.9. The molecular formula is C26H27ClN4O6S. The van der Waals surface area contributed by atoms with Gasteiger partial charge in [-0.3, -0.25) is 18.9 Å². The van der Waals surface area contributed by atoms with Crippen molar-refractivity contribution >= 4 is 39.6 Å². The summed E-state index contributed by atoms with van der Waals surface area (Å²) in [6, 6.07) is 9.24. The van der Waals surface area contributed by atoms with Gasteiger partial charge >= 0.3 is 5.97 Å². The van der Waals surface area contributed by atoms with E-state index >= 15 is 0 Å². The summed E-state index contributed by atoms with van der Waals surface area (Å²) in [6.45, 7) is 3.48. The molecule has 4 aromatic rings. The summed E-state index contributed by atoms with van der Waals surface area (Å²) in [5.41, 5.74) is 0.971. The minimum atomic E-state index is -0.876. The van der Waals surface area contributed by atoms with Crippen molar-refractivity contribution in [1.82, 2.24) is 14.3 Å². The number of aromatic nitrogens is 2. The molecule has 5 rings (SSSR count). The molecular weight excluding hydrogens is 532 g/mol. The Kier molecular flexibility index (Phi) is 7.59. The number of carbonyl (C=O) groups is 1. The van der Waals surface area contributed by atoms with Gasteiger partial charge in [0.2, 0.25) is 11.2 Å². The van der Waals surface area contributed by atoms with Gasteiger partial charge in [-0.1, -0.05) is 11.6 Å². The van der Waals surface area contributed by atoms with Crippen molar-refractivity contribution in [3.63, 3.8) is 0 Å². The maximum Gasteiger partial charge on any atom is 0.306 e. The molecule has 200 valence electrons. The maximum absolute atomic E-state index is 12.8. The number of benzene rings is 1. The highest BCUT2D eigenvalue weighted by Gasteiger charge is 2.32. The van der Waals surface area contributed by atoms with Crippen LogP contribution in [0.3, 0.4) is 0 Å². The molecule has 0 bridgehead atoms. The first-order valence-corrected chi connectivity index (χ1v) is 13.3. The van der Waals surface area contributed by atoms with Crippen LogP contribution < -0.4 is 15.1 Å². The summed E-state index contributed by atoms with van der Waals surface area (Å²) in [7, 11) is 2.92. The number of thiazole rings is 1. The molecule has 0 spiro atoms. The Morgan fingerprint density at radius 3 is 2.63 bits per heavy atom. The van der Waals surface area contributed by atoms with Crippen molar-refractivity contribution in [1.29, 1.82) is 0 Å². The second kappa shape index (κ2) is 11.1. The number of aromatic hydroxyl groups is 1. The van der Waals surface area contributed by atoms with Crippen molar-refractivity contribution in [2.24, 2.45) is 0 Å². The van der Waals surface area contributed by atoms with Gasteiger partial charge in [0.25, 0.3) is 0 Å². The van der Waals surface area contributed by atoms with Gasteiger partial charge < -0.3 is 23.9 Å². The molecule has 0 radical (unpaired) electrons. The standard InChI is InChI=1S/C26H27ClN4O6S/c1-35-17-5-3-16(4-6-17)30-9-7-29(8-10-30)15-18-13-20(32)23(34)24(37-18)19(14-21(33)36-2)22-25(27)28-26-31(22)11-12-38-26/h3-6,11-13,19,34H,7-10,14-15H2,1-2H3. The molecule has 4 heterocycles. The fourth-order valence-electron chi connectivity index (χ4n) is 4.70. The van der Waals surface area contributed by atoms with Gasteiger partial charge in [0, 0.05) is 49.5 Å². The number of carbonyl (C=O) groups excluding carboxylic acids is 1. The number of anilines is 1. The minimum Gasteiger partial charge on any atom is -0.502 e. The van der Waals surface area contributed by atoms with E-state index in [0.717, 1.165) is 37.6 Å². The summed E-state index contributed by atoms with van der Waals surface area (Å²) < 4.78 is 18.0. The van der Waals surface area contributed by atoms with E-state index in [-0.39, 0.29) is 17.3 Å². The lowest BCUT2D eigenvalue weighted by molar-refractivity contribution is -0.141. The molecule has 38 heavy (non-hydrogen) atoms. The second-order valence-electron chi connectivity index (χ2n) is 8.93. The van der Waals surface area contributed by atoms with E-state index in [2.05, 4.69) is 14.8 Å². The number of methoxy groups -OCH3 is 2. The van der Waals surface area contributed by atoms with Crippen molar-refractivity contribution in [3.8, 4) is 11.5 Å². The predicted molar refractivity (Wildman–Crippen MR) is 144 cm³/mol. The number of nitrogens with zero attached hydrogens (tertiary/aromatic N) is 4. The molecule has 1 N–H and O–H groups in total. The minimum absolute atomic E-state index is 0.0373. The highest BCUT2D eigenvalue weighted by molar-refractivity contribution is 7.15. The van der Waals surface area contributed by atoms with Crippen LogP contribution in [-0.2, 0) is 16.1 Å². The van der Waals surface area contributed by atoms with E-state index in [9.17, 15) is 14.7 Å². The van der Waals surface area contributed by atoms with Gasteiger partial charge in [-0.15, -0.1) is 11.3 Å². The molecule has 1 saturated heterocycles. The Morgan fingerprint density at radius 1 is 1.21 bits per heavy atom. The lowest BCUT2D eigenvalue weighted by atomic mass is 9.97. The molecule has 1 atom stereocenters. The average Bonchev–Trinajstić information content (AvgIpc) is 3.50. The first-order chi connectivity index (χ1) is 18.4. The number of esters is 1. The Morgan fingerprint density at radius 2 is 1.95 bits per heavy atom. The molecule has 1 fully saturated rings. The number of imidazole rings is 1. The Labute approximate surface area is 227 Å². The van der Waals surface area contributed by atoms with Crippen LogP contribution >= 0.6 is 22.9 Å². The first kappa shape index (κ1) is 26.1. The van der Waals surface area contributed by atoms with Gasteiger partial charge in [-0.2, -0.15) is 0 Å². The number of hydrogen-bond acceptors (Lipinski definition) is 10. The summed E-state index contributed by atoms with van der Waals surface area (Å²) in [6.07, 6.45) is 1.57. The topological polar surface area (TPSA) is 110 Å². The molecule has 1 aliphatic heterocycles. The van der Waals surface area contributed by atoms with Gasteiger partial charge in [0.15, 0.2) is 15.9 Å². The fourth-order valence-corrected chi connectivity index (χ4v) is 5.77. The highest BCUT2D eigenvalue weighted by Crippen LogP contribution is 2.38. The zero-order valence-corrected chi connectivity index (χ0v) is 22.5. The fraction of sp³-hybridized carbons (Fsp3) is 0.346. The van der Waals surface area contributed by atoms with Gasteiger partial charge in [0.05, 0.1) is 38.8 Å². The summed E-state index contributed by atoms with van der Waals surface area (Å²) in [5.74, 6) is -0.818. The van der Waals surface area contributed by atoms with Crippen LogP contribution in [0.1, 0.15) is 29.6 Å². The van der Waals surface area contributed by atoms with E-state index in [1.165, 1.54) is 24.5 Å². The SMILES string of the molecule is COC(=O)CC(c1oc(CN2CCN(c3ccc(OC)cc3)CC2)cc(=O)c1O)c1c(Cl)nc2sccn12. The Balaban J connectivity index is 1.39. The van der Waals surface area contributed by atoms with Crippen LogP contribution in [0, 0.1) is 0 Å². The van der Waals surface area contributed by atoms with Crippen LogP contribution in [-0.4, -0.2) is 65.8 Å². The highest BCUT2D eigenvalue weighted by atomic mass is 35.5. The van der Waals surface area contributed by atoms with E-state index in [1.54, 1.807) is 17.7 Å². The maximum atomic E-state index is 12.8. The third kappa shape index (κ3) is 5.22.